The third kappa shape index (κ3) is 4.37. The van der Waals surface area contributed by atoms with Crippen molar-refractivity contribution in [3.63, 3.8) is 0 Å². The van der Waals surface area contributed by atoms with Crippen LogP contribution in [0.15, 0.2) is 0 Å². The predicted octanol–water partition coefficient (Wildman–Crippen LogP) is -0.275. The molecule has 0 bridgehead atoms. The fourth-order valence-electron chi connectivity index (χ4n) is 1.77. The monoisotopic (exact) mass is 202 g/mol. The van der Waals surface area contributed by atoms with Crippen LogP contribution >= 0.6 is 0 Å². The Labute approximate surface area is 86.0 Å². The zero-order valence-corrected chi connectivity index (χ0v) is 8.96. The van der Waals surface area contributed by atoms with Gasteiger partial charge in [0.25, 0.3) is 0 Å². The summed E-state index contributed by atoms with van der Waals surface area (Å²) in [5, 5.41) is 16.3. The van der Waals surface area contributed by atoms with Crippen molar-refractivity contribution in [3.8, 4) is 0 Å². The summed E-state index contributed by atoms with van der Waals surface area (Å²) in [5.41, 5.74) is 0. The van der Waals surface area contributed by atoms with Gasteiger partial charge in [0.15, 0.2) is 0 Å². The molecule has 0 saturated carbocycles. The second-order valence-corrected chi connectivity index (χ2v) is 3.82. The smallest absolute Gasteiger partial charge is 0.0817 e. The molecule has 4 nitrogen and oxygen atoms in total. The molecule has 84 valence electrons. The van der Waals surface area contributed by atoms with Crippen LogP contribution in [0.4, 0.5) is 0 Å². The first-order valence-corrected chi connectivity index (χ1v) is 5.45. The van der Waals surface area contributed by atoms with E-state index in [9.17, 15) is 5.11 Å². The third-order valence-electron chi connectivity index (χ3n) is 2.65. The molecule has 4 heteroatoms. The van der Waals surface area contributed by atoms with Crippen molar-refractivity contribution in [2.45, 2.75) is 31.4 Å². The number of nitrogens with one attached hydrogen (secondary N) is 2. The highest BCUT2D eigenvalue weighted by Gasteiger charge is 2.20. The van der Waals surface area contributed by atoms with E-state index < -0.39 is 0 Å². The first kappa shape index (κ1) is 11.9. The van der Waals surface area contributed by atoms with Crippen LogP contribution in [-0.4, -0.2) is 50.6 Å². The van der Waals surface area contributed by atoms with Crippen LogP contribution in [0.3, 0.4) is 0 Å². The van der Waals surface area contributed by atoms with Crippen molar-refractivity contribution in [1.82, 2.24) is 10.6 Å². The highest BCUT2D eigenvalue weighted by atomic mass is 16.5. The molecule has 0 aromatic carbocycles. The van der Waals surface area contributed by atoms with Crippen LogP contribution in [0.1, 0.15) is 19.3 Å². The Morgan fingerprint density at radius 1 is 1.57 bits per heavy atom. The summed E-state index contributed by atoms with van der Waals surface area (Å²) in [4.78, 5) is 0. The molecule has 1 aliphatic rings. The number of rotatable bonds is 6. The number of aliphatic hydroxyl groups is 1. The Bertz CT molecular complexity index is 138. The minimum absolute atomic E-state index is 0.271. The first-order valence-electron chi connectivity index (χ1n) is 5.45. The standard InChI is InChI=1S/C10H22N2O2/c1-14-7-6-11-8-10(13)9-4-2-3-5-12-9/h9-13H,2-8H2,1H3. The minimum atomic E-state index is -0.271. The second kappa shape index (κ2) is 7.17. The molecule has 0 amide bonds. The number of ether oxygens (including phenoxy) is 1. The molecule has 3 N–H and O–H groups in total. The van der Waals surface area contributed by atoms with E-state index in [1.165, 1.54) is 12.8 Å². The van der Waals surface area contributed by atoms with Gasteiger partial charge in [-0.25, -0.2) is 0 Å². The average molecular weight is 202 g/mol. The first-order chi connectivity index (χ1) is 6.84. The van der Waals surface area contributed by atoms with Crippen molar-refractivity contribution >= 4 is 0 Å². The van der Waals surface area contributed by atoms with E-state index in [1.54, 1.807) is 7.11 Å². The summed E-state index contributed by atoms with van der Waals surface area (Å²) >= 11 is 0. The summed E-state index contributed by atoms with van der Waals surface area (Å²) in [7, 11) is 1.68. The van der Waals surface area contributed by atoms with Gasteiger partial charge in [-0.3, -0.25) is 0 Å². The summed E-state index contributed by atoms with van der Waals surface area (Å²) in [5.74, 6) is 0. The van der Waals surface area contributed by atoms with Crippen molar-refractivity contribution in [2.75, 3.05) is 33.4 Å². The Kier molecular flexibility index (Phi) is 6.10. The Balaban J connectivity index is 2.04. The van der Waals surface area contributed by atoms with E-state index in [0.717, 1.165) is 19.5 Å². The van der Waals surface area contributed by atoms with Gasteiger partial charge in [-0.2, -0.15) is 0 Å². The average Bonchev–Trinajstić information content (AvgIpc) is 2.25. The lowest BCUT2D eigenvalue weighted by molar-refractivity contribution is 0.108. The molecular formula is C10H22N2O2. The largest absolute Gasteiger partial charge is 0.390 e. The van der Waals surface area contributed by atoms with Gasteiger partial charge in [0.05, 0.1) is 12.7 Å². The topological polar surface area (TPSA) is 53.5 Å². The zero-order chi connectivity index (χ0) is 10.2. The van der Waals surface area contributed by atoms with E-state index in [-0.39, 0.29) is 12.1 Å². The molecule has 14 heavy (non-hydrogen) atoms. The Hall–Kier alpha value is -0.160. The number of hydrogen-bond acceptors (Lipinski definition) is 4. The van der Waals surface area contributed by atoms with Crippen LogP contribution in [-0.2, 0) is 4.74 Å². The second-order valence-electron chi connectivity index (χ2n) is 3.82. The maximum absolute atomic E-state index is 9.81. The predicted molar refractivity (Wildman–Crippen MR) is 56.4 cm³/mol. The molecule has 0 radical (unpaired) electrons. The van der Waals surface area contributed by atoms with Crippen molar-refractivity contribution in [1.29, 1.82) is 0 Å². The van der Waals surface area contributed by atoms with E-state index in [0.29, 0.717) is 13.2 Å². The van der Waals surface area contributed by atoms with Crippen LogP contribution in [0.25, 0.3) is 0 Å². The molecule has 1 aliphatic heterocycles. The van der Waals surface area contributed by atoms with Crippen LogP contribution in [0.2, 0.25) is 0 Å². The van der Waals surface area contributed by atoms with Crippen molar-refractivity contribution in [2.24, 2.45) is 0 Å². The fraction of sp³-hybridized carbons (Fsp3) is 1.00. The molecular weight excluding hydrogens is 180 g/mol. The molecule has 0 spiro atoms. The fourth-order valence-corrected chi connectivity index (χ4v) is 1.77. The number of methoxy groups -OCH3 is 1. The third-order valence-corrected chi connectivity index (χ3v) is 2.65. The maximum Gasteiger partial charge on any atom is 0.0817 e. The normalized spacial score (nSPS) is 24.9. The Morgan fingerprint density at radius 2 is 2.43 bits per heavy atom. The lowest BCUT2D eigenvalue weighted by Gasteiger charge is -2.28. The quantitative estimate of drug-likeness (QED) is 0.519. The van der Waals surface area contributed by atoms with Crippen LogP contribution in [0.5, 0.6) is 0 Å². The molecule has 1 fully saturated rings. The van der Waals surface area contributed by atoms with Crippen LogP contribution in [0, 0.1) is 0 Å². The summed E-state index contributed by atoms with van der Waals surface area (Å²) < 4.78 is 4.91. The van der Waals surface area contributed by atoms with Gasteiger partial charge in [0.1, 0.15) is 0 Å². The Morgan fingerprint density at radius 3 is 3.07 bits per heavy atom. The lowest BCUT2D eigenvalue weighted by atomic mass is 10.00. The van der Waals surface area contributed by atoms with E-state index in [1.807, 2.05) is 0 Å². The van der Waals surface area contributed by atoms with E-state index >= 15 is 0 Å². The van der Waals surface area contributed by atoms with Gasteiger partial charge in [-0.1, -0.05) is 6.42 Å². The van der Waals surface area contributed by atoms with Gasteiger partial charge in [-0.15, -0.1) is 0 Å². The zero-order valence-electron chi connectivity index (χ0n) is 8.96. The highest BCUT2D eigenvalue weighted by molar-refractivity contribution is 4.80. The van der Waals surface area contributed by atoms with E-state index in [4.69, 9.17) is 4.74 Å². The molecule has 1 saturated heterocycles. The molecule has 2 atom stereocenters. The van der Waals surface area contributed by atoms with Crippen molar-refractivity contribution < 1.29 is 9.84 Å². The van der Waals surface area contributed by atoms with Gasteiger partial charge in [0.2, 0.25) is 0 Å². The van der Waals surface area contributed by atoms with Crippen LogP contribution < -0.4 is 10.6 Å². The maximum atomic E-state index is 9.81. The number of hydrogen-bond donors (Lipinski definition) is 3. The van der Waals surface area contributed by atoms with E-state index in [2.05, 4.69) is 10.6 Å². The van der Waals surface area contributed by atoms with Gasteiger partial charge in [0, 0.05) is 26.2 Å². The molecule has 0 aromatic heterocycles. The highest BCUT2D eigenvalue weighted by Crippen LogP contribution is 2.09. The molecule has 0 aliphatic carbocycles. The van der Waals surface area contributed by atoms with Gasteiger partial charge in [-0.05, 0) is 19.4 Å². The minimum Gasteiger partial charge on any atom is -0.390 e. The molecule has 1 heterocycles. The summed E-state index contributed by atoms with van der Waals surface area (Å²) in [6.07, 6.45) is 3.28. The number of piperidine rings is 1. The van der Waals surface area contributed by atoms with Gasteiger partial charge < -0.3 is 20.5 Å². The summed E-state index contributed by atoms with van der Waals surface area (Å²) in [6.45, 7) is 3.20. The molecule has 1 rings (SSSR count). The SMILES string of the molecule is COCCNCC(O)C1CCCCN1. The summed E-state index contributed by atoms with van der Waals surface area (Å²) in [6, 6.07) is 0.277. The molecule has 0 aromatic rings. The van der Waals surface area contributed by atoms with Crippen molar-refractivity contribution in [3.05, 3.63) is 0 Å². The van der Waals surface area contributed by atoms with Gasteiger partial charge >= 0.3 is 0 Å². The number of aliphatic hydroxyl groups excluding tert-OH is 1. The molecule has 2 unspecified atom stereocenters. The lowest BCUT2D eigenvalue weighted by Crippen LogP contribution is -2.47.